The van der Waals surface area contributed by atoms with E-state index in [0.29, 0.717) is 16.7 Å². The number of pyridine rings is 2. The standard InChI is InChI=1S/C11H8BrNO.C11H9NO.BrH/c12-7-10(14)11-9-4-2-1-3-8(9)5-6-13-11;1-8(13)11-10-5-3-2-4-9(10)6-7-12-11;/h1-6H,7H2;2-7H,1H3;1H. The number of Topliss-reactive ketones (excluding diaryl/α,β-unsaturated/α-hetero) is 2. The van der Waals surface area contributed by atoms with Crippen molar-refractivity contribution in [1.29, 1.82) is 0 Å². The number of rotatable bonds is 3. The maximum absolute atomic E-state index is 11.5. The molecule has 0 unspecified atom stereocenters. The minimum absolute atomic E-state index is 0. The Morgan fingerprint density at radius 1 is 0.786 bits per heavy atom. The van der Waals surface area contributed by atoms with E-state index in [4.69, 9.17) is 0 Å². The highest BCUT2D eigenvalue weighted by Crippen LogP contribution is 2.17. The minimum atomic E-state index is 0. The smallest absolute Gasteiger partial charge is 0.192 e. The number of halogens is 2. The second kappa shape index (κ2) is 10.2. The molecule has 0 radical (unpaired) electrons. The third-order valence-corrected chi connectivity index (χ3v) is 4.58. The molecule has 0 saturated carbocycles. The molecule has 0 aliphatic rings. The van der Waals surface area contributed by atoms with Crippen LogP contribution >= 0.6 is 32.9 Å². The van der Waals surface area contributed by atoms with Crippen LogP contribution in [0.1, 0.15) is 27.9 Å². The van der Waals surface area contributed by atoms with Gasteiger partial charge < -0.3 is 0 Å². The molecule has 0 aliphatic heterocycles. The summed E-state index contributed by atoms with van der Waals surface area (Å²) in [5.74, 6) is 0.0265. The van der Waals surface area contributed by atoms with Crippen LogP contribution in [0.5, 0.6) is 0 Å². The van der Waals surface area contributed by atoms with Crippen molar-refractivity contribution in [3.05, 3.63) is 84.4 Å². The summed E-state index contributed by atoms with van der Waals surface area (Å²) in [6.45, 7) is 1.54. The highest BCUT2D eigenvalue weighted by atomic mass is 79.9. The van der Waals surface area contributed by atoms with Crippen molar-refractivity contribution >= 4 is 66.0 Å². The zero-order valence-electron chi connectivity index (χ0n) is 15.1. The summed E-state index contributed by atoms with van der Waals surface area (Å²) >= 11 is 3.15. The summed E-state index contributed by atoms with van der Waals surface area (Å²) in [7, 11) is 0. The normalized spacial score (nSPS) is 9.93. The lowest BCUT2D eigenvalue weighted by Gasteiger charge is -2.01. The summed E-state index contributed by atoms with van der Waals surface area (Å²) in [5.41, 5.74) is 1.10. The second-order valence-electron chi connectivity index (χ2n) is 5.87. The Morgan fingerprint density at radius 3 is 1.75 bits per heavy atom. The number of aromatic nitrogens is 2. The largest absolute Gasteiger partial charge is 0.293 e. The Hall–Kier alpha value is -2.44. The molecule has 0 amide bonds. The molecule has 4 nitrogen and oxygen atoms in total. The van der Waals surface area contributed by atoms with E-state index in [1.807, 2.05) is 60.7 Å². The zero-order valence-corrected chi connectivity index (χ0v) is 18.4. The molecule has 0 aliphatic carbocycles. The lowest BCUT2D eigenvalue weighted by molar-refractivity contribution is 0.100. The van der Waals surface area contributed by atoms with Crippen LogP contribution in [0, 0.1) is 0 Å². The van der Waals surface area contributed by atoms with Gasteiger partial charge in [0.1, 0.15) is 11.4 Å². The highest BCUT2D eigenvalue weighted by molar-refractivity contribution is 9.09. The van der Waals surface area contributed by atoms with E-state index in [1.165, 1.54) is 6.92 Å². The van der Waals surface area contributed by atoms with Gasteiger partial charge in [-0.1, -0.05) is 64.5 Å². The molecule has 6 heteroatoms. The number of hydrogen-bond acceptors (Lipinski definition) is 4. The van der Waals surface area contributed by atoms with Crippen LogP contribution in [0.3, 0.4) is 0 Å². The average Bonchev–Trinajstić information content (AvgIpc) is 2.72. The molecule has 28 heavy (non-hydrogen) atoms. The van der Waals surface area contributed by atoms with Crippen molar-refractivity contribution in [2.45, 2.75) is 6.92 Å². The Balaban J connectivity index is 0.000000194. The van der Waals surface area contributed by atoms with Crippen LogP contribution in [0.4, 0.5) is 0 Å². The van der Waals surface area contributed by atoms with Crippen molar-refractivity contribution in [2.75, 3.05) is 5.33 Å². The van der Waals surface area contributed by atoms with Gasteiger partial charge in [0.2, 0.25) is 0 Å². The van der Waals surface area contributed by atoms with Crippen LogP contribution in [0.15, 0.2) is 73.1 Å². The predicted molar refractivity (Wildman–Crippen MR) is 122 cm³/mol. The first-order valence-electron chi connectivity index (χ1n) is 8.39. The van der Waals surface area contributed by atoms with Gasteiger partial charge >= 0.3 is 0 Å². The molecule has 2 heterocycles. The molecule has 0 N–H and O–H groups in total. The lowest BCUT2D eigenvalue weighted by Crippen LogP contribution is -2.03. The molecule has 142 valence electrons. The number of nitrogens with zero attached hydrogens (tertiary/aromatic N) is 2. The van der Waals surface area contributed by atoms with Gasteiger partial charge in [-0.3, -0.25) is 19.6 Å². The zero-order chi connectivity index (χ0) is 19.2. The summed E-state index contributed by atoms with van der Waals surface area (Å²) in [6, 6.07) is 19.3. The number of hydrogen-bond donors (Lipinski definition) is 0. The molecule has 0 saturated heterocycles. The first-order chi connectivity index (χ1) is 13.1. The van der Waals surface area contributed by atoms with Gasteiger partial charge in [0, 0.05) is 30.1 Å². The van der Waals surface area contributed by atoms with Gasteiger partial charge in [0.15, 0.2) is 11.6 Å². The maximum Gasteiger partial charge on any atom is 0.192 e. The number of ketones is 2. The van der Waals surface area contributed by atoms with Crippen molar-refractivity contribution in [3.8, 4) is 0 Å². The molecule has 0 fully saturated rings. The van der Waals surface area contributed by atoms with Crippen LogP contribution in [0.2, 0.25) is 0 Å². The van der Waals surface area contributed by atoms with Gasteiger partial charge in [-0.25, -0.2) is 0 Å². The fourth-order valence-corrected chi connectivity index (χ4v) is 3.07. The van der Waals surface area contributed by atoms with E-state index in [9.17, 15) is 9.59 Å². The van der Waals surface area contributed by atoms with Crippen molar-refractivity contribution in [2.24, 2.45) is 0 Å². The number of carbonyl (C=O) groups is 2. The molecular formula is C22H18Br2N2O2. The fourth-order valence-electron chi connectivity index (χ4n) is 2.81. The van der Waals surface area contributed by atoms with E-state index in [-0.39, 0.29) is 28.5 Å². The van der Waals surface area contributed by atoms with Gasteiger partial charge in [-0.05, 0) is 22.9 Å². The van der Waals surface area contributed by atoms with Crippen LogP contribution < -0.4 is 0 Å². The minimum Gasteiger partial charge on any atom is -0.293 e. The van der Waals surface area contributed by atoms with Gasteiger partial charge in [0.05, 0.1) is 5.33 Å². The summed E-state index contributed by atoms with van der Waals surface area (Å²) in [6.07, 6.45) is 3.33. The highest BCUT2D eigenvalue weighted by Gasteiger charge is 2.09. The molecule has 0 bridgehead atoms. The third kappa shape index (κ3) is 4.88. The monoisotopic (exact) mass is 500 g/mol. The van der Waals surface area contributed by atoms with Crippen LogP contribution in [0.25, 0.3) is 21.5 Å². The van der Waals surface area contributed by atoms with E-state index in [1.54, 1.807) is 12.4 Å². The average molecular weight is 502 g/mol. The molecule has 4 rings (SSSR count). The van der Waals surface area contributed by atoms with Gasteiger partial charge in [-0.2, -0.15) is 0 Å². The van der Waals surface area contributed by atoms with Crippen molar-refractivity contribution in [3.63, 3.8) is 0 Å². The van der Waals surface area contributed by atoms with E-state index >= 15 is 0 Å². The molecular weight excluding hydrogens is 484 g/mol. The molecule has 0 atom stereocenters. The topological polar surface area (TPSA) is 59.9 Å². The number of fused-ring (bicyclic) bond motifs is 2. The van der Waals surface area contributed by atoms with E-state index in [0.717, 1.165) is 21.5 Å². The molecule has 4 aromatic rings. The Bertz CT molecular complexity index is 1120. The lowest BCUT2D eigenvalue weighted by atomic mass is 10.1. The SMILES string of the molecule is Br.CC(=O)c1nccc2ccccc12.O=C(CBr)c1nccc2ccccc12. The van der Waals surface area contributed by atoms with Crippen molar-refractivity contribution in [1.82, 2.24) is 9.97 Å². The number of carbonyl (C=O) groups excluding carboxylic acids is 2. The molecule has 2 aromatic carbocycles. The Labute approximate surface area is 181 Å². The molecule has 0 spiro atoms. The van der Waals surface area contributed by atoms with Crippen molar-refractivity contribution < 1.29 is 9.59 Å². The predicted octanol–water partition coefficient (Wildman–Crippen LogP) is 5.83. The number of alkyl halides is 1. The van der Waals surface area contributed by atoms with Gasteiger partial charge in [0.25, 0.3) is 0 Å². The maximum atomic E-state index is 11.5. The summed E-state index contributed by atoms with van der Waals surface area (Å²) in [5, 5.41) is 4.26. The quantitative estimate of drug-likeness (QED) is 0.262. The summed E-state index contributed by atoms with van der Waals surface area (Å²) < 4.78 is 0. The fraction of sp³-hybridized carbons (Fsp3) is 0.0909. The first-order valence-corrected chi connectivity index (χ1v) is 9.51. The molecule has 2 aromatic heterocycles. The second-order valence-corrected chi connectivity index (χ2v) is 6.44. The Morgan fingerprint density at radius 2 is 1.25 bits per heavy atom. The third-order valence-electron chi connectivity index (χ3n) is 4.07. The van der Waals surface area contributed by atoms with Gasteiger partial charge in [-0.15, -0.1) is 17.0 Å². The summed E-state index contributed by atoms with van der Waals surface area (Å²) in [4.78, 5) is 30.9. The van der Waals surface area contributed by atoms with Crippen LogP contribution in [-0.2, 0) is 0 Å². The van der Waals surface area contributed by atoms with E-state index < -0.39 is 0 Å². The van der Waals surface area contributed by atoms with E-state index in [2.05, 4.69) is 25.9 Å². The van der Waals surface area contributed by atoms with Crippen LogP contribution in [-0.4, -0.2) is 26.9 Å². The first kappa shape index (κ1) is 21.9. The Kier molecular flexibility index (Phi) is 7.96. The number of benzene rings is 2.